The number of fused-ring (bicyclic) bond motifs is 1. The molecule has 118 valence electrons. The standard InChI is InChI=1S/C18H18N2O3/c1-13(2)20(14-8-4-3-5-9-14)17(21)12-22-18-19-15-10-6-7-11-16(15)23-18/h3-11,13H,12H2,1-2H3. The Hall–Kier alpha value is -2.82. The summed E-state index contributed by atoms with van der Waals surface area (Å²) in [6.45, 7) is 3.80. The summed E-state index contributed by atoms with van der Waals surface area (Å²) in [4.78, 5) is 18.4. The van der Waals surface area contributed by atoms with Gasteiger partial charge in [0.05, 0.1) is 0 Å². The number of hydrogen-bond acceptors (Lipinski definition) is 4. The maximum Gasteiger partial charge on any atom is 0.395 e. The topological polar surface area (TPSA) is 55.6 Å². The maximum atomic E-state index is 12.5. The first kappa shape index (κ1) is 15.1. The van der Waals surface area contributed by atoms with Gasteiger partial charge < -0.3 is 14.1 Å². The number of carbonyl (C=O) groups is 1. The van der Waals surface area contributed by atoms with Gasteiger partial charge in [0.1, 0.15) is 5.52 Å². The molecule has 3 rings (SSSR count). The number of ether oxygens (including phenoxy) is 1. The molecule has 5 heteroatoms. The lowest BCUT2D eigenvalue weighted by atomic mass is 10.2. The van der Waals surface area contributed by atoms with E-state index in [1.54, 1.807) is 11.0 Å². The molecule has 0 radical (unpaired) electrons. The van der Waals surface area contributed by atoms with Gasteiger partial charge >= 0.3 is 6.08 Å². The number of amides is 1. The molecule has 0 bridgehead atoms. The van der Waals surface area contributed by atoms with Crippen LogP contribution in [-0.2, 0) is 4.79 Å². The third-order valence-corrected chi connectivity index (χ3v) is 3.41. The first-order valence-electron chi connectivity index (χ1n) is 7.50. The van der Waals surface area contributed by atoms with Crippen molar-refractivity contribution in [2.24, 2.45) is 0 Å². The average Bonchev–Trinajstić information content (AvgIpc) is 2.96. The van der Waals surface area contributed by atoms with Crippen molar-refractivity contribution in [1.82, 2.24) is 4.98 Å². The van der Waals surface area contributed by atoms with E-state index in [1.807, 2.05) is 62.4 Å². The quantitative estimate of drug-likeness (QED) is 0.722. The van der Waals surface area contributed by atoms with Crippen LogP contribution in [0.1, 0.15) is 13.8 Å². The molecule has 0 saturated carbocycles. The molecule has 5 nitrogen and oxygen atoms in total. The van der Waals surface area contributed by atoms with Crippen molar-refractivity contribution in [1.29, 1.82) is 0 Å². The van der Waals surface area contributed by atoms with Gasteiger partial charge in [0.25, 0.3) is 5.91 Å². The van der Waals surface area contributed by atoms with Crippen molar-refractivity contribution in [3.8, 4) is 6.08 Å². The minimum Gasteiger partial charge on any atom is -0.440 e. The second kappa shape index (κ2) is 6.52. The maximum absolute atomic E-state index is 12.5. The van der Waals surface area contributed by atoms with E-state index in [-0.39, 0.29) is 24.6 Å². The lowest BCUT2D eigenvalue weighted by molar-refractivity contribution is -0.121. The Labute approximate surface area is 134 Å². The van der Waals surface area contributed by atoms with E-state index in [1.165, 1.54) is 0 Å². The van der Waals surface area contributed by atoms with E-state index in [2.05, 4.69) is 4.98 Å². The fourth-order valence-corrected chi connectivity index (χ4v) is 2.42. The molecule has 23 heavy (non-hydrogen) atoms. The number of para-hydroxylation sites is 3. The number of hydrogen-bond donors (Lipinski definition) is 0. The second-order valence-electron chi connectivity index (χ2n) is 5.43. The number of aromatic nitrogens is 1. The van der Waals surface area contributed by atoms with Crippen molar-refractivity contribution in [2.45, 2.75) is 19.9 Å². The highest BCUT2D eigenvalue weighted by Crippen LogP contribution is 2.21. The SMILES string of the molecule is CC(C)N(C(=O)COc1nc2ccccc2o1)c1ccccc1. The van der Waals surface area contributed by atoms with Gasteiger partial charge in [-0.2, -0.15) is 4.98 Å². The number of oxazole rings is 1. The highest BCUT2D eigenvalue weighted by Gasteiger charge is 2.20. The Bertz CT molecular complexity index is 763. The van der Waals surface area contributed by atoms with Gasteiger partial charge in [0, 0.05) is 11.7 Å². The fourth-order valence-electron chi connectivity index (χ4n) is 2.42. The van der Waals surface area contributed by atoms with Gasteiger partial charge in [0.2, 0.25) is 0 Å². The molecule has 0 spiro atoms. The molecule has 3 aromatic rings. The lowest BCUT2D eigenvalue weighted by Crippen LogP contribution is -2.40. The van der Waals surface area contributed by atoms with Crippen LogP contribution in [0, 0.1) is 0 Å². The summed E-state index contributed by atoms with van der Waals surface area (Å²) in [6.07, 6.45) is 0.108. The van der Waals surface area contributed by atoms with Crippen LogP contribution in [0.2, 0.25) is 0 Å². The molecule has 1 amide bonds. The molecule has 0 saturated heterocycles. The van der Waals surface area contributed by atoms with Gasteiger partial charge in [-0.15, -0.1) is 0 Å². The summed E-state index contributed by atoms with van der Waals surface area (Å²) < 4.78 is 10.9. The smallest absolute Gasteiger partial charge is 0.395 e. The summed E-state index contributed by atoms with van der Waals surface area (Å²) >= 11 is 0. The minimum absolute atomic E-state index is 0.0251. The van der Waals surface area contributed by atoms with Crippen LogP contribution < -0.4 is 9.64 Å². The second-order valence-corrected chi connectivity index (χ2v) is 5.43. The van der Waals surface area contributed by atoms with Crippen molar-refractivity contribution in [3.63, 3.8) is 0 Å². The van der Waals surface area contributed by atoms with E-state index in [0.29, 0.717) is 11.1 Å². The molecule has 2 aromatic carbocycles. The zero-order valence-corrected chi connectivity index (χ0v) is 13.1. The highest BCUT2D eigenvalue weighted by molar-refractivity contribution is 5.94. The van der Waals surface area contributed by atoms with Crippen LogP contribution in [-0.4, -0.2) is 23.5 Å². The van der Waals surface area contributed by atoms with Crippen molar-refractivity contribution < 1.29 is 13.9 Å². The van der Waals surface area contributed by atoms with Gasteiger partial charge in [-0.1, -0.05) is 30.3 Å². The zero-order valence-electron chi connectivity index (χ0n) is 13.1. The Kier molecular flexibility index (Phi) is 4.28. The number of rotatable bonds is 5. The molecule has 0 aliphatic heterocycles. The third kappa shape index (κ3) is 3.34. The summed E-state index contributed by atoms with van der Waals surface area (Å²) in [5, 5.41) is 0. The predicted molar refractivity (Wildman–Crippen MR) is 88.6 cm³/mol. The lowest BCUT2D eigenvalue weighted by Gasteiger charge is -2.26. The highest BCUT2D eigenvalue weighted by atomic mass is 16.6. The Morgan fingerprint density at radius 2 is 1.83 bits per heavy atom. The van der Waals surface area contributed by atoms with Gasteiger partial charge in [-0.25, -0.2) is 0 Å². The molecule has 0 N–H and O–H groups in total. The Morgan fingerprint density at radius 1 is 1.13 bits per heavy atom. The van der Waals surface area contributed by atoms with Crippen molar-refractivity contribution in [2.75, 3.05) is 11.5 Å². The monoisotopic (exact) mass is 310 g/mol. The zero-order chi connectivity index (χ0) is 16.2. The molecule has 1 aromatic heterocycles. The van der Waals surface area contributed by atoms with Gasteiger partial charge in [-0.05, 0) is 38.1 Å². The van der Waals surface area contributed by atoms with Gasteiger partial charge in [-0.3, -0.25) is 4.79 Å². The summed E-state index contributed by atoms with van der Waals surface area (Å²) in [7, 11) is 0. The third-order valence-electron chi connectivity index (χ3n) is 3.41. The number of anilines is 1. The van der Waals surface area contributed by atoms with Crippen LogP contribution in [0.5, 0.6) is 6.08 Å². The van der Waals surface area contributed by atoms with E-state index in [4.69, 9.17) is 9.15 Å². The summed E-state index contributed by atoms with van der Waals surface area (Å²) in [5.41, 5.74) is 2.19. The van der Waals surface area contributed by atoms with Crippen LogP contribution in [0.15, 0.2) is 59.0 Å². The molecule has 0 aliphatic carbocycles. The largest absolute Gasteiger partial charge is 0.440 e. The Morgan fingerprint density at radius 3 is 2.52 bits per heavy atom. The van der Waals surface area contributed by atoms with E-state index in [0.717, 1.165) is 5.69 Å². The first-order valence-corrected chi connectivity index (χ1v) is 7.50. The minimum atomic E-state index is -0.145. The molecule has 0 unspecified atom stereocenters. The average molecular weight is 310 g/mol. The number of nitrogens with zero attached hydrogens (tertiary/aromatic N) is 2. The molecule has 0 atom stereocenters. The molecule has 0 fully saturated rings. The van der Waals surface area contributed by atoms with Crippen LogP contribution in [0.25, 0.3) is 11.1 Å². The van der Waals surface area contributed by atoms with E-state index >= 15 is 0 Å². The molecule has 1 heterocycles. The summed E-state index contributed by atoms with van der Waals surface area (Å²) in [6, 6.07) is 16.9. The first-order chi connectivity index (χ1) is 11.1. The fraction of sp³-hybridized carbons (Fsp3) is 0.222. The normalized spacial score (nSPS) is 10.9. The predicted octanol–water partition coefficient (Wildman–Crippen LogP) is 3.65. The molecule has 0 aliphatic rings. The van der Waals surface area contributed by atoms with E-state index < -0.39 is 0 Å². The summed E-state index contributed by atoms with van der Waals surface area (Å²) in [5.74, 6) is -0.145. The van der Waals surface area contributed by atoms with Crippen LogP contribution >= 0.6 is 0 Å². The van der Waals surface area contributed by atoms with E-state index in [9.17, 15) is 4.79 Å². The van der Waals surface area contributed by atoms with Gasteiger partial charge in [0.15, 0.2) is 12.2 Å². The van der Waals surface area contributed by atoms with Crippen molar-refractivity contribution in [3.05, 3.63) is 54.6 Å². The Balaban J connectivity index is 1.72. The van der Waals surface area contributed by atoms with Crippen molar-refractivity contribution >= 4 is 22.7 Å². The number of carbonyl (C=O) groups excluding carboxylic acids is 1. The molecular formula is C18H18N2O3. The number of benzene rings is 2. The molecular weight excluding hydrogens is 292 g/mol. The van der Waals surface area contributed by atoms with Crippen LogP contribution in [0.4, 0.5) is 5.69 Å². The van der Waals surface area contributed by atoms with Crippen LogP contribution in [0.3, 0.4) is 0 Å².